The highest BCUT2D eigenvalue weighted by Crippen LogP contribution is 2.36. The highest BCUT2D eigenvalue weighted by molar-refractivity contribution is 7.15. The molecule has 19 heavy (non-hydrogen) atoms. The minimum atomic E-state index is -4.36. The lowest BCUT2D eigenvalue weighted by molar-refractivity contribution is -0.138. The number of hydrogen-bond donors (Lipinski definition) is 1. The Labute approximate surface area is 119 Å². The molecule has 1 heterocycles. The van der Waals surface area contributed by atoms with Crippen LogP contribution in [-0.2, 0) is 12.7 Å². The van der Waals surface area contributed by atoms with Crippen molar-refractivity contribution in [2.75, 3.05) is 0 Å². The topological polar surface area (TPSA) is 26.0 Å². The molecule has 0 unspecified atom stereocenters. The van der Waals surface area contributed by atoms with E-state index in [1.807, 2.05) is 19.1 Å². The quantitative estimate of drug-likeness (QED) is 0.860. The van der Waals surface area contributed by atoms with E-state index in [4.69, 9.17) is 5.73 Å². The van der Waals surface area contributed by atoms with Crippen molar-refractivity contribution in [2.24, 2.45) is 5.73 Å². The fourth-order valence-electron chi connectivity index (χ4n) is 1.76. The third-order valence-corrected chi connectivity index (χ3v) is 3.71. The fourth-order valence-corrected chi connectivity index (χ4v) is 2.63. The first-order valence-corrected chi connectivity index (χ1v) is 6.20. The minimum Gasteiger partial charge on any atom is -0.326 e. The number of benzene rings is 1. The standard InChI is InChI=1S/C13H12F3NS.ClH/c1-8-2-5-12(18-8)9-3-4-10(7-17)11(6-9)13(14,15)16;/h2-6H,7,17H2,1H3;1H. The zero-order chi connectivity index (χ0) is 13.3. The normalized spacial score (nSPS) is 11.2. The zero-order valence-corrected chi connectivity index (χ0v) is 11.8. The molecule has 0 atom stereocenters. The van der Waals surface area contributed by atoms with E-state index in [9.17, 15) is 13.2 Å². The molecule has 104 valence electrons. The van der Waals surface area contributed by atoms with Gasteiger partial charge in [0.1, 0.15) is 0 Å². The Kier molecular flexibility index (Phi) is 5.01. The molecule has 2 rings (SSSR count). The molecule has 0 aliphatic rings. The van der Waals surface area contributed by atoms with E-state index in [0.717, 1.165) is 9.75 Å². The molecule has 0 spiro atoms. The number of aryl methyl sites for hydroxylation is 1. The molecular weight excluding hydrogens is 295 g/mol. The second kappa shape index (κ2) is 5.94. The van der Waals surface area contributed by atoms with Crippen molar-refractivity contribution in [3.8, 4) is 10.4 Å². The van der Waals surface area contributed by atoms with E-state index in [1.165, 1.54) is 23.5 Å². The molecule has 0 radical (unpaired) electrons. The van der Waals surface area contributed by atoms with Gasteiger partial charge in [0.25, 0.3) is 0 Å². The maximum absolute atomic E-state index is 12.9. The first-order chi connectivity index (χ1) is 8.41. The van der Waals surface area contributed by atoms with Crippen molar-refractivity contribution in [2.45, 2.75) is 19.6 Å². The lowest BCUT2D eigenvalue weighted by Crippen LogP contribution is -2.11. The van der Waals surface area contributed by atoms with E-state index in [1.54, 1.807) is 6.07 Å². The minimum absolute atomic E-state index is 0. The summed E-state index contributed by atoms with van der Waals surface area (Å²) in [6, 6.07) is 8.03. The molecule has 0 bridgehead atoms. The molecule has 2 aromatic rings. The SMILES string of the molecule is Cc1ccc(-c2ccc(CN)c(C(F)(F)F)c2)s1.Cl. The van der Waals surface area contributed by atoms with Crippen LogP contribution in [0.3, 0.4) is 0 Å². The molecule has 1 aromatic heterocycles. The molecule has 1 aromatic carbocycles. The molecule has 0 amide bonds. The van der Waals surface area contributed by atoms with Crippen LogP contribution in [-0.4, -0.2) is 0 Å². The van der Waals surface area contributed by atoms with Crippen molar-refractivity contribution < 1.29 is 13.2 Å². The number of rotatable bonds is 2. The van der Waals surface area contributed by atoms with Gasteiger partial charge in [-0.15, -0.1) is 23.7 Å². The molecule has 6 heteroatoms. The van der Waals surface area contributed by atoms with Gasteiger partial charge in [-0.05, 0) is 36.2 Å². The van der Waals surface area contributed by atoms with Crippen LogP contribution >= 0.6 is 23.7 Å². The smallest absolute Gasteiger partial charge is 0.326 e. The van der Waals surface area contributed by atoms with Crippen molar-refractivity contribution in [1.82, 2.24) is 0 Å². The van der Waals surface area contributed by atoms with Crippen LogP contribution in [0.2, 0.25) is 0 Å². The number of thiophene rings is 1. The van der Waals surface area contributed by atoms with Crippen LogP contribution in [0.5, 0.6) is 0 Å². The second-order valence-corrected chi connectivity index (χ2v) is 5.27. The molecular formula is C13H13ClF3NS. The molecule has 0 saturated heterocycles. The van der Waals surface area contributed by atoms with Crippen molar-refractivity contribution >= 4 is 23.7 Å². The lowest BCUT2D eigenvalue weighted by Gasteiger charge is -2.13. The van der Waals surface area contributed by atoms with Gasteiger partial charge in [-0.25, -0.2) is 0 Å². The van der Waals surface area contributed by atoms with Gasteiger partial charge >= 0.3 is 6.18 Å². The Morgan fingerprint density at radius 1 is 1.16 bits per heavy atom. The van der Waals surface area contributed by atoms with Gasteiger partial charge in [-0.3, -0.25) is 0 Å². The predicted octanol–water partition coefficient (Wildman–Crippen LogP) is 4.62. The van der Waals surface area contributed by atoms with Gasteiger partial charge in [0.15, 0.2) is 0 Å². The average Bonchev–Trinajstić information content (AvgIpc) is 2.74. The molecule has 0 saturated carbocycles. The molecule has 1 nitrogen and oxygen atoms in total. The van der Waals surface area contributed by atoms with Gasteiger partial charge in [0.2, 0.25) is 0 Å². The summed E-state index contributed by atoms with van der Waals surface area (Å²) in [6.45, 7) is 1.81. The number of nitrogens with two attached hydrogens (primary N) is 1. The third kappa shape index (κ3) is 3.49. The van der Waals surface area contributed by atoms with Crippen LogP contribution in [0, 0.1) is 6.92 Å². The van der Waals surface area contributed by atoms with Crippen LogP contribution in [0.4, 0.5) is 13.2 Å². The van der Waals surface area contributed by atoms with Gasteiger partial charge < -0.3 is 5.73 Å². The van der Waals surface area contributed by atoms with E-state index >= 15 is 0 Å². The van der Waals surface area contributed by atoms with Crippen LogP contribution in [0.1, 0.15) is 16.0 Å². The summed E-state index contributed by atoms with van der Waals surface area (Å²) >= 11 is 1.48. The van der Waals surface area contributed by atoms with Gasteiger partial charge in [-0.2, -0.15) is 13.2 Å². The molecule has 0 fully saturated rings. The third-order valence-electron chi connectivity index (χ3n) is 2.66. The maximum atomic E-state index is 12.9. The Bertz CT molecular complexity index is 563. The van der Waals surface area contributed by atoms with Crippen LogP contribution in [0.15, 0.2) is 30.3 Å². The summed E-state index contributed by atoms with van der Waals surface area (Å²) in [5.74, 6) is 0. The Morgan fingerprint density at radius 2 is 1.84 bits per heavy atom. The van der Waals surface area contributed by atoms with Crippen LogP contribution < -0.4 is 5.73 Å². The van der Waals surface area contributed by atoms with E-state index < -0.39 is 11.7 Å². The molecule has 2 N–H and O–H groups in total. The Balaban J connectivity index is 0.00000180. The Hall–Kier alpha value is -1.04. The highest BCUT2D eigenvalue weighted by Gasteiger charge is 2.33. The summed E-state index contributed by atoms with van der Waals surface area (Å²) in [4.78, 5) is 1.91. The second-order valence-electron chi connectivity index (χ2n) is 3.98. The van der Waals surface area contributed by atoms with E-state index in [0.29, 0.717) is 5.56 Å². The maximum Gasteiger partial charge on any atom is 0.416 e. The summed E-state index contributed by atoms with van der Waals surface area (Å²) in [5, 5.41) is 0. The average molecular weight is 308 g/mol. The van der Waals surface area contributed by atoms with Crippen molar-refractivity contribution in [1.29, 1.82) is 0 Å². The highest BCUT2D eigenvalue weighted by atomic mass is 35.5. The van der Waals surface area contributed by atoms with Gasteiger partial charge in [0, 0.05) is 16.3 Å². The van der Waals surface area contributed by atoms with Crippen molar-refractivity contribution in [3.05, 3.63) is 46.3 Å². The monoisotopic (exact) mass is 307 g/mol. The van der Waals surface area contributed by atoms with Gasteiger partial charge in [-0.1, -0.05) is 12.1 Å². The predicted molar refractivity (Wildman–Crippen MR) is 74.6 cm³/mol. The largest absolute Gasteiger partial charge is 0.416 e. The summed E-state index contributed by atoms with van der Waals surface area (Å²) in [6.07, 6.45) is -4.36. The van der Waals surface area contributed by atoms with Crippen molar-refractivity contribution in [3.63, 3.8) is 0 Å². The molecule has 0 aliphatic heterocycles. The first-order valence-electron chi connectivity index (χ1n) is 5.39. The number of halogens is 4. The summed E-state index contributed by atoms with van der Waals surface area (Å²) in [5.41, 5.74) is 5.40. The number of hydrogen-bond acceptors (Lipinski definition) is 2. The number of alkyl halides is 3. The lowest BCUT2D eigenvalue weighted by atomic mass is 10.0. The van der Waals surface area contributed by atoms with Gasteiger partial charge in [0.05, 0.1) is 5.56 Å². The van der Waals surface area contributed by atoms with E-state index in [-0.39, 0.29) is 24.5 Å². The summed E-state index contributed by atoms with van der Waals surface area (Å²) < 4.78 is 38.7. The summed E-state index contributed by atoms with van der Waals surface area (Å²) in [7, 11) is 0. The van der Waals surface area contributed by atoms with E-state index in [2.05, 4.69) is 0 Å². The fraction of sp³-hybridized carbons (Fsp3) is 0.231. The zero-order valence-electron chi connectivity index (χ0n) is 10.1. The van der Waals surface area contributed by atoms with Crippen LogP contribution in [0.25, 0.3) is 10.4 Å². The first kappa shape index (κ1) is 16.0. The Morgan fingerprint density at radius 3 is 2.32 bits per heavy atom. The molecule has 0 aliphatic carbocycles.